The summed E-state index contributed by atoms with van der Waals surface area (Å²) >= 11 is 1.64. The second kappa shape index (κ2) is 7.90. The largest absolute Gasteiger partial charge is 0.464 e. The number of hydrogen-bond donors (Lipinski definition) is 0. The summed E-state index contributed by atoms with van der Waals surface area (Å²) in [4.78, 5) is 26.8. The Hall–Kier alpha value is -1.43. The predicted molar refractivity (Wildman–Crippen MR) is 90.2 cm³/mol. The second-order valence-corrected chi connectivity index (χ2v) is 7.86. The Morgan fingerprint density at radius 3 is 2.65 bits per heavy atom. The molecule has 1 saturated heterocycles. The smallest absolute Gasteiger partial charge is 0.329 e. The average molecular weight is 339 g/mol. The minimum absolute atomic E-state index is 0.0239. The van der Waals surface area contributed by atoms with Gasteiger partial charge in [-0.05, 0) is 30.4 Å². The Kier molecular flexibility index (Phi) is 6.16. The quantitative estimate of drug-likeness (QED) is 0.743. The van der Waals surface area contributed by atoms with Crippen LogP contribution in [0.15, 0.2) is 22.8 Å². The van der Waals surface area contributed by atoms with Crippen LogP contribution >= 0.6 is 11.8 Å². The van der Waals surface area contributed by atoms with Crippen LogP contribution < -0.4 is 0 Å². The first-order valence-corrected chi connectivity index (χ1v) is 9.09. The van der Waals surface area contributed by atoms with Gasteiger partial charge in [0.15, 0.2) is 5.76 Å². The molecule has 6 heteroatoms. The van der Waals surface area contributed by atoms with E-state index in [-0.39, 0.29) is 28.9 Å². The molecule has 5 nitrogen and oxygen atoms in total. The van der Waals surface area contributed by atoms with E-state index in [4.69, 9.17) is 9.15 Å². The zero-order chi connectivity index (χ0) is 17.0. The Bertz CT molecular complexity index is 527. The van der Waals surface area contributed by atoms with Crippen LogP contribution in [0.3, 0.4) is 0 Å². The molecule has 1 aromatic rings. The van der Waals surface area contributed by atoms with Crippen LogP contribution in [-0.2, 0) is 9.53 Å². The lowest BCUT2D eigenvalue weighted by atomic mass is 10.1. The van der Waals surface area contributed by atoms with E-state index in [1.165, 1.54) is 6.26 Å². The Balaban J connectivity index is 2.16. The van der Waals surface area contributed by atoms with Gasteiger partial charge in [0.25, 0.3) is 5.91 Å². The molecule has 128 valence electrons. The number of thioether (sulfide) groups is 1. The fraction of sp³-hybridized carbons (Fsp3) is 0.647. The molecule has 23 heavy (non-hydrogen) atoms. The molecule has 2 unspecified atom stereocenters. The fourth-order valence-electron chi connectivity index (χ4n) is 2.47. The Morgan fingerprint density at radius 2 is 2.09 bits per heavy atom. The van der Waals surface area contributed by atoms with E-state index in [0.717, 1.165) is 6.42 Å². The summed E-state index contributed by atoms with van der Waals surface area (Å²) in [5, 5.41) is -0.0239. The van der Waals surface area contributed by atoms with Crippen molar-refractivity contribution in [3.63, 3.8) is 0 Å². The van der Waals surface area contributed by atoms with E-state index in [9.17, 15) is 9.59 Å². The second-order valence-electron chi connectivity index (χ2n) is 6.65. The highest BCUT2D eigenvalue weighted by atomic mass is 32.2. The minimum atomic E-state index is -0.542. The molecule has 0 aromatic carbocycles. The van der Waals surface area contributed by atoms with Crippen molar-refractivity contribution >= 4 is 23.6 Å². The van der Waals surface area contributed by atoms with Crippen molar-refractivity contribution in [3.8, 4) is 0 Å². The summed E-state index contributed by atoms with van der Waals surface area (Å²) in [7, 11) is 0. The third-order valence-electron chi connectivity index (χ3n) is 3.56. The summed E-state index contributed by atoms with van der Waals surface area (Å²) in [5.41, 5.74) is 0. The number of esters is 1. The third kappa shape index (κ3) is 4.53. The molecule has 0 N–H and O–H groups in total. The van der Waals surface area contributed by atoms with Crippen LogP contribution in [0.1, 0.15) is 44.7 Å². The highest BCUT2D eigenvalue weighted by molar-refractivity contribution is 8.00. The number of nitrogens with zero attached hydrogens (tertiary/aromatic N) is 1. The van der Waals surface area contributed by atoms with Crippen molar-refractivity contribution in [1.29, 1.82) is 0 Å². The first-order valence-electron chi connectivity index (χ1n) is 8.04. The fourth-order valence-corrected chi connectivity index (χ4v) is 4.10. The van der Waals surface area contributed by atoms with E-state index in [1.807, 2.05) is 13.8 Å². The summed E-state index contributed by atoms with van der Waals surface area (Å²) in [6.45, 7) is 8.58. The van der Waals surface area contributed by atoms with E-state index >= 15 is 0 Å². The lowest BCUT2D eigenvalue weighted by Crippen LogP contribution is -2.46. The molecule has 2 rings (SSSR count). The van der Waals surface area contributed by atoms with Gasteiger partial charge in [0.1, 0.15) is 6.04 Å². The zero-order valence-electron chi connectivity index (χ0n) is 14.2. The van der Waals surface area contributed by atoms with Crippen LogP contribution in [0.4, 0.5) is 0 Å². The molecule has 2 atom stereocenters. The standard InChI is InChI=1S/C17H25NO4S/c1-11(2)8-15-18(16(19)14-6-5-7-21-14)13(10-23-15)17(20)22-9-12(3)4/h5-7,11-13,15H,8-10H2,1-4H3. The van der Waals surface area contributed by atoms with E-state index in [0.29, 0.717) is 18.3 Å². The van der Waals surface area contributed by atoms with Gasteiger partial charge < -0.3 is 14.1 Å². The lowest BCUT2D eigenvalue weighted by molar-refractivity contribution is -0.149. The summed E-state index contributed by atoms with van der Waals surface area (Å²) in [5.74, 6) is 0.983. The van der Waals surface area contributed by atoms with Gasteiger partial charge in [-0.1, -0.05) is 27.7 Å². The molecular weight excluding hydrogens is 314 g/mol. The van der Waals surface area contributed by atoms with Crippen LogP contribution in [0.25, 0.3) is 0 Å². The van der Waals surface area contributed by atoms with Crippen molar-refractivity contribution in [2.24, 2.45) is 11.8 Å². The number of carbonyl (C=O) groups excluding carboxylic acids is 2. The monoisotopic (exact) mass is 339 g/mol. The van der Waals surface area contributed by atoms with Crippen LogP contribution in [0.5, 0.6) is 0 Å². The molecule has 0 spiro atoms. The maximum Gasteiger partial charge on any atom is 0.329 e. The third-order valence-corrected chi connectivity index (χ3v) is 4.88. The Labute approximate surface area is 141 Å². The lowest BCUT2D eigenvalue weighted by Gasteiger charge is -2.28. The van der Waals surface area contributed by atoms with Gasteiger partial charge in [0, 0.05) is 5.75 Å². The van der Waals surface area contributed by atoms with Crippen molar-refractivity contribution in [2.75, 3.05) is 12.4 Å². The maximum absolute atomic E-state index is 12.8. The average Bonchev–Trinajstić information content (AvgIpc) is 3.12. The molecular formula is C17H25NO4S. The van der Waals surface area contributed by atoms with E-state index in [1.54, 1.807) is 28.8 Å². The molecule has 0 radical (unpaired) electrons. The molecule has 2 heterocycles. The van der Waals surface area contributed by atoms with Gasteiger partial charge in [-0.2, -0.15) is 0 Å². The number of amides is 1. The molecule has 1 amide bonds. The maximum atomic E-state index is 12.8. The number of carbonyl (C=O) groups is 2. The van der Waals surface area contributed by atoms with E-state index < -0.39 is 6.04 Å². The minimum Gasteiger partial charge on any atom is -0.464 e. The van der Waals surface area contributed by atoms with Crippen molar-refractivity contribution < 1.29 is 18.7 Å². The molecule has 1 fully saturated rings. The number of hydrogen-bond acceptors (Lipinski definition) is 5. The van der Waals surface area contributed by atoms with Gasteiger partial charge in [0.2, 0.25) is 0 Å². The molecule has 1 aromatic heterocycles. The summed E-state index contributed by atoms with van der Waals surface area (Å²) in [6, 6.07) is 2.77. The molecule has 0 saturated carbocycles. The van der Waals surface area contributed by atoms with Gasteiger partial charge in [0.05, 0.1) is 18.2 Å². The van der Waals surface area contributed by atoms with Crippen molar-refractivity contribution in [2.45, 2.75) is 45.5 Å². The molecule has 1 aliphatic heterocycles. The van der Waals surface area contributed by atoms with E-state index in [2.05, 4.69) is 13.8 Å². The first-order chi connectivity index (χ1) is 10.9. The predicted octanol–water partition coefficient (Wildman–Crippen LogP) is 3.41. The summed E-state index contributed by atoms with van der Waals surface area (Å²) in [6.07, 6.45) is 2.31. The highest BCUT2D eigenvalue weighted by Gasteiger charge is 2.43. The zero-order valence-corrected chi connectivity index (χ0v) is 15.0. The number of furan rings is 1. The van der Waals surface area contributed by atoms with Crippen LogP contribution in [0, 0.1) is 11.8 Å². The SMILES string of the molecule is CC(C)COC(=O)C1CSC(CC(C)C)N1C(=O)c1ccco1. The van der Waals surface area contributed by atoms with Crippen molar-refractivity contribution in [1.82, 2.24) is 4.90 Å². The highest BCUT2D eigenvalue weighted by Crippen LogP contribution is 2.35. The van der Waals surface area contributed by atoms with Gasteiger partial charge in [-0.25, -0.2) is 4.79 Å². The van der Waals surface area contributed by atoms with Gasteiger partial charge in [-0.15, -0.1) is 11.8 Å². The van der Waals surface area contributed by atoms with Crippen molar-refractivity contribution in [3.05, 3.63) is 24.2 Å². The molecule has 1 aliphatic rings. The molecule has 0 aliphatic carbocycles. The van der Waals surface area contributed by atoms with Gasteiger partial charge >= 0.3 is 5.97 Å². The first kappa shape index (κ1) is 17.9. The normalized spacial score (nSPS) is 21.2. The number of rotatable bonds is 6. The van der Waals surface area contributed by atoms with Gasteiger partial charge in [-0.3, -0.25) is 4.79 Å². The topological polar surface area (TPSA) is 59.8 Å². The Morgan fingerprint density at radius 1 is 1.35 bits per heavy atom. The van der Waals surface area contributed by atoms with Crippen LogP contribution in [0.2, 0.25) is 0 Å². The van der Waals surface area contributed by atoms with Crippen LogP contribution in [-0.4, -0.2) is 40.6 Å². The summed E-state index contributed by atoms with van der Waals surface area (Å²) < 4.78 is 10.6. The number of ether oxygens (including phenoxy) is 1. The molecule has 0 bridgehead atoms.